The molecule has 0 saturated heterocycles. The number of ether oxygens (including phenoxy) is 2. The molecule has 0 radical (unpaired) electrons. The number of amides is 1. The van der Waals surface area contributed by atoms with Gasteiger partial charge in [-0.15, -0.1) is 0 Å². The number of aromatic nitrogens is 1. The minimum absolute atomic E-state index is 0.0736. The molecule has 1 heterocycles. The highest BCUT2D eigenvalue weighted by Gasteiger charge is 2.12. The third kappa shape index (κ3) is 5.71. The van der Waals surface area contributed by atoms with Gasteiger partial charge in [0.25, 0.3) is 0 Å². The average Bonchev–Trinajstić information content (AvgIpc) is 2.77. The van der Waals surface area contributed by atoms with Gasteiger partial charge in [0.2, 0.25) is 5.91 Å². The maximum Gasteiger partial charge on any atom is 0.345 e. The number of halogens is 1. The molecule has 0 aliphatic heterocycles. The van der Waals surface area contributed by atoms with Crippen molar-refractivity contribution in [1.29, 1.82) is 0 Å². The van der Waals surface area contributed by atoms with Crippen molar-refractivity contribution in [3.8, 4) is 11.5 Å². The van der Waals surface area contributed by atoms with E-state index in [2.05, 4.69) is 15.5 Å². The quantitative estimate of drug-likeness (QED) is 0.281. The summed E-state index contributed by atoms with van der Waals surface area (Å²) in [5.41, 5.74) is 4.01. The zero-order valence-corrected chi connectivity index (χ0v) is 16.0. The van der Waals surface area contributed by atoms with E-state index < -0.39 is 5.97 Å². The normalized spacial score (nSPS) is 10.6. The van der Waals surface area contributed by atoms with E-state index in [-0.39, 0.29) is 23.9 Å². The van der Waals surface area contributed by atoms with Gasteiger partial charge < -0.3 is 9.47 Å². The fourth-order valence-corrected chi connectivity index (χ4v) is 2.50. The number of nitrogens with one attached hydrogen (secondary N) is 1. The van der Waals surface area contributed by atoms with Crippen molar-refractivity contribution >= 4 is 18.1 Å². The molecule has 0 bridgehead atoms. The third-order valence-electron chi connectivity index (χ3n) is 3.97. The van der Waals surface area contributed by atoms with E-state index in [0.717, 1.165) is 0 Å². The number of benzene rings is 2. The van der Waals surface area contributed by atoms with Gasteiger partial charge in [0.05, 0.1) is 25.3 Å². The summed E-state index contributed by atoms with van der Waals surface area (Å²) in [6, 6.07) is 13.7. The molecular weight excluding hydrogens is 389 g/mol. The lowest BCUT2D eigenvalue weighted by Gasteiger charge is -2.09. The summed E-state index contributed by atoms with van der Waals surface area (Å²) < 4.78 is 23.5. The topological polar surface area (TPSA) is 89.9 Å². The van der Waals surface area contributed by atoms with Gasteiger partial charge in [0.15, 0.2) is 11.5 Å². The SMILES string of the molecule is COc1cc(/C=N\NC(=O)Cc2ccc(F)cc2)ccc1OC(=O)c1cccnc1. The van der Waals surface area contributed by atoms with Gasteiger partial charge in [-0.3, -0.25) is 9.78 Å². The van der Waals surface area contributed by atoms with Gasteiger partial charge in [-0.2, -0.15) is 5.10 Å². The van der Waals surface area contributed by atoms with Gasteiger partial charge in [0, 0.05) is 12.4 Å². The van der Waals surface area contributed by atoms with E-state index in [4.69, 9.17) is 9.47 Å². The molecule has 0 saturated carbocycles. The van der Waals surface area contributed by atoms with E-state index >= 15 is 0 Å². The summed E-state index contributed by atoms with van der Waals surface area (Å²) in [4.78, 5) is 28.0. The number of hydrogen-bond donors (Lipinski definition) is 1. The first kappa shape index (κ1) is 20.7. The number of hydrogen-bond acceptors (Lipinski definition) is 6. The number of rotatable bonds is 7. The Balaban J connectivity index is 1.60. The Morgan fingerprint density at radius 1 is 1.13 bits per heavy atom. The fraction of sp³-hybridized carbons (Fsp3) is 0.0909. The van der Waals surface area contributed by atoms with Crippen LogP contribution in [0.15, 0.2) is 72.1 Å². The van der Waals surface area contributed by atoms with E-state index in [1.165, 1.54) is 43.8 Å². The number of nitrogens with zero attached hydrogens (tertiary/aromatic N) is 2. The standard InChI is InChI=1S/C22H18FN3O4/c1-29-20-11-16(6-9-19(20)30-22(28)17-3-2-10-24-14-17)13-25-26-21(27)12-15-4-7-18(23)8-5-15/h2-11,13-14H,12H2,1H3,(H,26,27)/b25-13-. The first-order valence-electron chi connectivity index (χ1n) is 8.92. The zero-order chi connectivity index (χ0) is 21.3. The maximum atomic E-state index is 12.9. The van der Waals surface area contributed by atoms with Crippen LogP contribution < -0.4 is 14.9 Å². The summed E-state index contributed by atoms with van der Waals surface area (Å²) in [6.45, 7) is 0. The lowest BCUT2D eigenvalue weighted by molar-refractivity contribution is -0.120. The average molecular weight is 407 g/mol. The van der Waals surface area contributed by atoms with Crippen molar-refractivity contribution in [2.45, 2.75) is 6.42 Å². The largest absolute Gasteiger partial charge is 0.493 e. The van der Waals surface area contributed by atoms with E-state index in [1.807, 2.05) is 0 Å². The number of hydrazone groups is 1. The predicted molar refractivity (Wildman–Crippen MR) is 108 cm³/mol. The van der Waals surface area contributed by atoms with E-state index in [1.54, 1.807) is 36.5 Å². The number of carbonyl (C=O) groups is 2. The van der Waals surface area contributed by atoms with Gasteiger partial charge >= 0.3 is 5.97 Å². The molecule has 1 aromatic heterocycles. The van der Waals surface area contributed by atoms with Crippen molar-refractivity contribution in [1.82, 2.24) is 10.4 Å². The molecule has 8 heteroatoms. The molecule has 0 aliphatic carbocycles. The maximum absolute atomic E-state index is 12.9. The molecule has 0 spiro atoms. The van der Waals surface area contributed by atoms with Crippen molar-refractivity contribution in [2.75, 3.05) is 7.11 Å². The highest BCUT2D eigenvalue weighted by atomic mass is 19.1. The molecule has 3 aromatic rings. The van der Waals surface area contributed by atoms with Crippen molar-refractivity contribution in [2.24, 2.45) is 5.10 Å². The number of methoxy groups -OCH3 is 1. The Kier molecular flexibility index (Phi) is 6.83. The van der Waals surface area contributed by atoms with Gasteiger partial charge in [0.1, 0.15) is 5.82 Å². The molecule has 1 amide bonds. The lowest BCUT2D eigenvalue weighted by Crippen LogP contribution is -2.19. The predicted octanol–water partition coefficient (Wildman–Crippen LogP) is 3.14. The molecule has 0 fully saturated rings. The molecule has 0 atom stereocenters. The summed E-state index contributed by atoms with van der Waals surface area (Å²) >= 11 is 0. The monoisotopic (exact) mass is 407 g/mol. The van der Waals surface area contributed by atoms with Crippen LogP contribution in [-0.2, 0) is 11.2 Å². The van der Waals surface area contributed by atoms with Crippen LogP contribution in [0.1, 0.15) is 21.5 Å². The Labute approximate surface area is 172 Å². The Morgan fingerprint density at radius 2 is 1.93 bits per heavy atom. The van der Waals surface area contributed by atoms with Gasteiger partial charge in [-0.05, 0) is 53.6 Å². The molecular formula is C22H18FN3O4. The van der Waals surface area contributed by atoms with Crippen LogP contribution >= 0.6 is 0 Å². The van der Waals surface area contributed by atoms with Crippen molar-refractivity contribution < 1.29 is 23.5 Å². The van der Waals surface area contributed by atoms with Crippen molar-refractivity contribution in [3.63, 3.8) is 0 Å². The summed E-state index contributed by atoms with van der Waals surface area (Å²) in [5.74, 6) is -0.693. The second kappa shape index (κ2) is 9.92. The molecule has 152 valence electrons. The molecule has 1 N–H and O–H groups in total. The second-order valence-electron chi connectivity index (χ2n) is 6.14. The van der Waals surface area contributed by atoms with E-state index in [9.17, 15) is 14.0 Å². The summed E-state index contributed by atoms with van der Waals surface area (Å²) in [7, 11) is 1.45. The molecule has 7 nitrogen and oxygen atoms in total. The molecule has 30 heavy (non-hydrogen) atoms. The van der Waals surface area contributed by atoms with Crippen LogP contribution in [0.2, 0.25) is 0 Å². The first-order chi connectivity index (χ1) is 14.5. The summed E-state index contributed by atoms with van der Waals surface area (Å²) in [6.07, 6.45) is 4.47. The number of esters is 1. The minimum atomic E-state index is -0.559. The zero-order valence-electron chi connectivity index (χ0n) is 16.0. The first-order valence-corrected chi connectivity index (χ1v) is 8.92. The van der Waals surface area contributed by atoms with Crippen LogP contribution in [0.3, 0.4) is 0 Å². The number of pyridine rings is 1. The van der Waals surface area contributed by atoms with Crippen LogP contribution in [0, 0.1) is 5.82 Å². The third-order valence-corrected chi connectivity index (χ3v) is 3.97. The second-order valence-corrected chi connectivity index (χ2v) is 6.14. The Morgan fingerprint density at radius 3 is 2.63 bits per heavy atom. The molecule has 0 aliphatic rings. The molecule has 0 unspecified atom stereocenters. The van der Waals surface area contributed by atoms with Crippen LogP contribution in [0.4, 0.5) is 4.39 Å². The lowest BCUT2D eigenvalue weighted by atomic mass is 10.1. The van der Waals surface area contributed by atoms with Crippen molar-refractivity contribution in [3.05, 3.63) is 89.5 Å². The van der Waals surface area contributed by atoms with Crippen LogP contribution in [0.5, 0.6) is 11.5 Å². The smallest absolute Gasteiger partial charge is 0.345 e. The molecule has 3 rings (SSSR count). The van der Waals surface area contributed by atoms with Gasteiger partial charge in [-0.25, -0.2) is 14.6 Å². The minimum Gasteiger partial charge on any atom is -0.493 e. The van der Waals surface area contributed by atoms with E-state index in [0.29, 0.717) is 22.4 Å². The Bertz CT molecular complexity index is 1050. The number of carbonyl (C=O) groups excluding carboxylic acids is 2. The highest BCUT2D eigenvalue weighted by Crippen LogP contribution is 2.28. The highest BCUT2D eigenvalue weighted by molar-refractivity contribution is 5.91. The van der Waals surface area contributed by atoms with Crippen LogP contribution in [-0.4, -0.2) is 30.2 Å². The molecule has 2 aromatic carbocycles. The fourth-order valence-electron chi connectivity index (χ4n) is 2.50. The summed E-state index contributed by atoms with van der Waals surface area (Å²) in [5, 5.41) is 3.90. The van der Waals surface area contributed by atoms with Gasteiger partial charge in [-0.1, -0.05) is 12.1 Å². The van der Waals surface area contributed by atoms with Crippen LogP contribution in [0.25, 0.3) is 0 Å². The Hall–Kier alpha value is -4.07.